The fourth-order valence-corrected chi connectivity index (χ4v) is 2.43. The Morgan fingerprint density at radius 1 is 1.35 bits per heavy atom. The molecular weight excluding hydrogens is 256 g/mol. The first-order chi connectivity index (χ1) is 9.52. The lowest BCUT2D eigenvalue weighted by Crippen LogP contribution is -2.41. The van der Waals surface area contributed by atoms with Gasteiger partial charge in [-0.15, -0.1) is 0 Å². The highest BCUT2D eigenvalue weighted by atomic mass is 16.7. The Labute approximate surface area is 120 Å². The lowest BCUT2D eigenvalue weighted by Gasteiger charge is -2.37. The van der Waals surface area contributed by atoms with Crippen molar-refractivity contribution in [1.29, 1.82) is 0 Å². The summed E-state index contributed by atoms with van der Waals surface area (Å²) in [5, 5.41) is 0. The number of rotatable bonds is 4. The molecule has 0 aromatic heterocycles. The molecule has 0 spiro atoms. The first kappa shape index (κ1) is 15.0. The molecule has 0 amide bonds. The predicted molar refractivity (Wildman–Crippen MR) is 75.6 cm³/mol. The second kappa shape index (κ2) is 6.37. The number of ether oxygens (including phenoxy) is 3. The van der Waals surface area contributed by atoms with Gasteiger partial charge in [-0.3, -0.25) is 4.79 Å². The smallest absolute Gasteiger partial charge is 0.184 e. The summed E-state index contributed by atoms with van der Waals surface area (Å²) < 4.78 is 16.9. The maximum Gasteiger partial charge on any atom is 0.184 e. The lowest BCUT2D eigenvalue weighted by molar-refractivity contribution is -0.247. The molecule has 1 aromatic carbocycles. The van der Waals surface area contributed by atoms with E-state index in [1.165, 1.54) is 0 Å². The molecule has 1 aliphatic rings. The number of hydrogen-bond acceptors (Lipinski definition) is 4. The Bertz CT molecular complexity index is 454. The molecule has 4 heteroatoms. The average Bonchev–Trinajstić information content (AvgIpc) is 2.47. The molecule has 1 aliphatic heterocycles. The van der Waals surface area contributed by atoms with E-state index in [0.717, 1.165) is 11.3 Å². The molecular formula is C16H22O4. The van der Waals surface area contributed by atoms with Gasteiger partial charge < -0.3 is 14.2 Å². The van der Waals surface area contributed by atoms with Crippen molar-refractivity contribution in [3.63, 3.8) is 0 Å². The van der Waals surface area contributed by atoms with E-state index in [4.69, 9.17) is 14.2 Å². The zero-order valence-corrected chi connectivity index (χ0v) is 12.5. The number of hydrogen-bond donors (Lipinski definition) is 0. The minimum Gasteiger partial charge on any atom is -0.497 e. The highest BCUT2D eigenvalue weighted by Gasteiger charge is 2.35. The van der Waals surface area contributed by atoms with Crippen LogP contribution >= 0.6 is 0 Å². The first-order valence-electron chi connectivity index (χ1n) is 6.94. The van der Waals surface area contributed by atoms with Crippen LogP contribution in [0.15, 0.2) is 24.3 Å². The molecule has 1 heterocycles. The van der Waals surface area contributed by atoms with E-state index in [9.17, 15) is 4.79 Å². The molecule has 0 N–H and O–H groups in total. The van der Waals surface area contributed by atoms with Crippen LogP contribution in [0.4, 0.5) is 0 Å². The third kappa shape index (κ3) is 3.19. The Morgan fingerprint density at radius 2 is 2.00 bits per heavy atom. The van der Waals surface area contributed by atoms with Crippen molar-refractivity contribution in [2.75, 3.05) is 13.7 Å². The van der Waals surface area contributed by atoms with Crippen LogP contribution in [0.25, 0.3) is 0 Å². The number of carbonyl (C=O) groups excluding carboxylic acids is 1. The average molecular weight is 278 g/mol. The standard InChI is InChI=1S/C16H22O4/c1-10-9-19-16(20-15(10)11(2)12(3)17)13-5-7-14(18-4)8-6-13/h5-8,10-11,15-16H,9H2,1-4H3/t10-,11-,15-,16-/m0/s1. The topological polar surface area (TPSA) is 44.8 Å². The third-order valence-corrected chi connectivity index (χ3v) is 3.87. The fourth-order valence-electron chi connectivity index (χ4n) is 2.43. The monoisotopic (exact) mass is 278 g/mol. The summed E-state index contributed by atoms with van der Waals surface area (Å²) in [5.74, 6) is 1.04. The van der Waals surface area contributed by atoms with Crippen molar-refractivity contribution in [3.05, 3.63) is 29.8 Å². The van der Waals surface area contributed by atoms with E-state index in [2.05, 4.69) is 0 Å². The van der Waals surface area contributed by atoms with Crippen LogP contribution in [0.1, 0.15) is 32.6 Å². The number of benzene rings is 1. The van der Waals surface area contributed by atoms with Gasteiger partial charge in [-0.25, -0.2) is 0 Å². The van der Waals surface area contributed by atoms with Gasteiger partial charge in [-0.1, -0.05) is 26.0 Å². The Morgan fingerprint density at radius 3 is 2.55 bits per heavy atom. The largest absolute Gasteiger partial charge is 0.497 e. The molecule has 0 aliphatic carbocycles. The van der Waals surface area contributed by atoms with Crippen molar-refractivity contribution >= 4 is 5.78 Å². The molecule has 4 nitrogen and oxygen atoms in total. The Hall–Kier alpha value is -1.39. The minimum atomic E-state index is -0.413. The Kier molecular flexibility index (Phi) is 4.78. The molecule has 1 fully saturated rings. The molecule has 0 radical (unpaired) electrons. The summed E-state index contributed by atoms with van der Waals surface area (Å²) in [5.41, 5.74) is 0.943. The second-order valence-corrected chi connectivity index (χ2v) is 5.42. The van der Waals surface area contributed by atoms with Crippen molar-refractivity contribution in [2.24, 2.45) is 11.8 Å². The van der Waals surface area contributed by atoms with Crippen LogP contribution < -0.4 is 4.74 Å². The number of Topliss-reactive ketones (excluding diaryl/α,β-unsaturated/α-hetero) is 1. The Balaban J connectivity index is 2.11. The molecule has 20 heavy (non-hydrogen) atoms. The summed E-state index contributed by atoms with van der Waals surface area (Å²) >= 11 is 0. The summed E-state index contributed by atoms with van der Waals surface area (Å²) in [6.07, 6.45) is -0.516. The molecule has 110 valence electrons. The zero-order chi connectivity index (χ0) is 14.7. The quantitative estimate of drug-likeness (QED) is 0.849. The highest BCUT2D eigenvalue weighted by molar-refractivity contribution is 5.78. The van der Waals surface area contributed by atoms with Gasteiger partial charge in [0, 0.05) is 17.4 Å². The molecule has 0 unspecified atom stereocenters. The SMILES string of the molecule is COc1ccc([C@H]2OC[C@H](C)[C@@H]([C@@H](C)C(C)=O)O2)cc1. The molecule has 4 atom stereocenters. The first-order valence-corrected chi connectivity index (χ1v) is 6.94. The molecule has 2 rings (SSSR count). The summed E-state index contributed by atoms with van der Waals surface area (Å²) in [6.45, 7) is 6.17. The number of methoxy groups -OCH3 is 1. The van der Waals surface area contributed by atoms with E-state index >= 15 is 0 Å². The van der Waals surface area contributed by atoms with Crippen molar-refractivity contribution in [2.45, 2.75) is 33.2 Å². The molecule has 1 aromatic rings. The molecule has 0 bridgehead atoms. The number of carbonyl (C=O) groups is 1. The normalized spacial score (nSPS) is 27.9. The van der Waals surface area contributed by atoms with Gasteiger partial charge >= 0.3 is 0 Å². The van der Waals surface area contributed by atoms with E-state index in [1.807, 2.05) is 38.1 Å². The summed E-state index contributed by atoms with van der Waals surface area (Å²) in [7, 11) is 1.63. The van der Waals surface area contributed by atoms with Crippen LogP contribution in [0.3, 0.4) is 0 Å². The van der Waals surface area contributed by atoms with E-state index in [0.29, 0.717) is 6.61 Å². The maximum atomic E-state index is 11.6. The maximum absolute atomic E-state index is 11.6. The predicted octanol–water partition coefficient (Wildman–Crippen LogP) is 2.97. The van der Waals surface area contributed by atoms with Gasteiger partial charge in [0.25, 0.3) is 0 Å². The van der Waals surface area contributed by atoms with E-state index < -0.39 is 6.29 Å². The third-order valence-electron chi connectivity index (χ3n) is 3.87. The zero-order valence-electron chi connectivity index (χ0n) is 12.5. The van der Waals surface area contributed by atoms with E-state index in [-0.39, 0.29) is 23.7 Å². The van der Waals surface area contributed by atoms with Crippen molar-refractivity contribution in [1.82, 2.24) is 0 Å². The van der Waals surface area contributed by atoms with Gasteiger partial charge in [0.1, 0.15) is 11.5 Å². The van der Waals surface area contributed by atoms with E-state index in [1.54, 1.807) is 14.0 Å². The summed E-state index contributed by atoms with van der Waals surface area (Å²) in [6, 6.07) is 7.61. The van der Waals surface area contributed by atoms with Crippen molar-refractivity contribution in [3.8, 4) is 5.75 Å². The van der Waals surface area contributed by atoms with Gasteiger partial charge in [-0.2, -0.15) is 0 Å². The lowest BCUT2D eigenvalue weighted by atomic mass is 9.90. The fraction of sp³-hybridized carbons (Fsp3) is 0.562. The second-order valence-electron chi connectivity index (χ2n) is 5.42. The molecule has 0 saturated carbocycles. The van der Waals surface area contributed by atoms with Crippen LogP contribution in [-0.2, 0) is 14.3 Å². The van der Waals surface area contributed by atoms with Crippen LogP contribution in [0.2, 0.25) is 0 Å². The minimum absolute atomic E-state index is 0.103. The number of ketones is 1. The van der Waals surface area contributed by atoms with Gasteiger partial charge in [0.15, 0.2) is 6.29 Å². The van der Waals surface area contributed by atoms with Crippen LogP contribution in [0.5, 0.6) is 5.75 Å². The van der Waals surface area contributed by atoms with Gasteiger partial charge in [0.2, 0.25) is 0 Å². The van der Waals surface area contributed by atoms with Crippen LogP contribution in [-0.4, -0.2) is 25.6 Å². The van der Waals surface area contributed by atoms with Crippen molar-refractivity contribution < 1.29 is 19.0 Å². The van der Waals surface area contributed by atoms with Gasteiger partial charge in [0.05, 0.1) is 19.8 Å². The van der Waals surface area contributed by atoms with Gasteiger partial charge in [-0.05, 0) is 19.1 Å². The highest BCUT2D eigenvalue weighted by Crippen LogP contribution is 2.33. The molecule has 1 saturated heterocycles. The summed E-state index contributed by atoms with van der Waals surface area (Å²) in [4.78, 5) is 11.6. The van der Waals surface area contributed by atoms with Crippen LogP contribution in [0, 0.1) is 11.8 Å².